The van der Waals surface area contributed by atoms with Gasteiger partial charge < -0.3 is 10.6 Å². The molecular weight excluding hydrogens is 532 g/mol. The number of aromatic nitrogens is 1. The largest absolute Gasteiger partial charge is 0.348 e. The zero-order valence-corrected chi connectivity index (χ0v) is 25.2. The Bertz CT molecular complexity index is 1120. The maximum Gasteiger partial charge on any atom is 0.248 e. The number of unbranched alkanes of at least 4 members (excludes halogenated alkanes) is 2. The van der Waals surface area contributed by atoms with Crippen LogP contribution in [0, 0.1) is 5.92 Å². The van der Waals surface area contributed by atoms with Crippen molar-refractivity contribution < 1.29 is 13.6 Å². The van der Waals surface area contributed by atoms with E-state index in [9.17, 15) is 13.6 Å². The third-order valence-electron chi connectivity index (χ3n) is 9.50. The van der Waals surface area contributed by atoms with Gasteiger partial charge in [0.25, 0.3) is 0 Å². The number of rotatable bonds is 12. The number of hydrogen-bond donors (Lipinski definition) is 2. The number of hydrogen-bond acceptors (Lipinski definition) is 5. The number of piperazine rings is 1. The van der Waals surface area contributed by atoms with Gasteiger partial charge in [-0.15, -0.1) is 0 Å². The molecular formula is C34H49F2N5O. The summed E-state index contributed by atoms with van der Waals surface area (Å²) < 4.78 is 27.5. The van der Waals surface area contributed by atoms with Gasteiger partial charge in [0.1, 0.15) is 0 Å². The van der Waals surface area contributed by atoms with Crippen molar-refractivity contribution in [3.8, 4) is 0 Å². The van der Waals surface area contributed by atoms with Crippen LogP contribution in [0.4, 0.5) is 8.78 Å². The van der Waals surface area contributed by atoms with Crippen molar-refractivity contribution in [2.45, 2.75) is 95.2 Å². The van der Waals surface area contributed by atoms with Crippen molar-refractivity contribution in [2.24, 2.45) is 5.92 Å². The van der Waals surface area contributed by atoms with Crippen LogP contribution in [0.25, 0.3) is 0 Å². The summed E-state index contributed by atoms with van der Waals surface area (Å²) in [4.78, 5) is 23.2. The van der Waals surface area contributed by atoms with Gasteiger partial charge in [0.2, 0.25) is 11.8 Å². The first-order valence-electron chi connectivity index (χ1n) is 16.3. The Balaban J connectivity index is 1.24. The minimum atomic E-state index is -2.63. The van der Waals surface area contributed by atoms with E-state index in [1.54, 1.807) is 0 Å². The van der Waals surface area contributed by atoms with Gasteiger partial charge in [0.15, 0.2) is 0 Å². The van der Waals surface area contributed by atoms with Crippen molar-refractivity contribution in [1.82, 2.24) is 25.4 Å². The Kier molecular flexibility index (Phi) is 11.0. The predicted octanol–water partition coefficient (Wildman–Crippen LogP) is 5.91. The molecule has 0 spiro atoms. The second kappa shape index (κ2) is 14.8. The Morgan fingerprint density at radius 2 is 1.95 bits per heavy atom. The second-order valence-electron chi connectivity index (χ2n) is 12.7. The summed E-state index contributed by atoms with van der Waals surface area (Å²) in [6.45, 7) is 7.74. The predicted molar refractivity (Wildman–Crippen MR) is 163 cm³/mol. The third-order valence-corrected chi connectivity index (χ3v) is 9.50. The molecule has 0 unspecified atom stereocenters. The molecule has 230 valence electrons. The number of pyridine rings is 1. The molecule has 1 aliphatic heterocycles. The van der Waals surface area contributed by atoms with Crippen molar-refractivity contribution in [1.29, 1.82) is 0 Å². The van der Waals surface area contributed by atoms with Crippen LogP contribution < -0.4 is 10.6 Å². The van der Waals surface area contributed by atoms with Gasteiger partial charge in [-0.25, -0.2) is 8.78 Å². The van der Waals surface area contributed by atoms with Crippen LogP contribution in [0.2, 0.25) is 0 Å². The summed E-state index contributed by atoms with van der Waals surface area (Å²) in [7, 11) is 0. The number of benzene rings is 1. The van der Waals surface area contributed by atoms with E-state index < -0.39 is 5.92 Å². The highest BCUT2D eigenvalue weighted by Gasteiger charge is 2.38. The van der Waals surface area contributed by atoms with Gasteiger partial charge in [-0.3, -0.25) is 19.6 Å². The van der Waals surface area contributed by atoms with Crippen molar-refractivity contribution >= 4 is 5.91 Å². The van der Waals surface area contributed by atoms with E-state index in [1.807, 2.05) is 24.4 Å². The first-order valence-corrected chi connectivity index (χ1v) is 16.3. The lowest BCUT2D eigenvalue weighted by molar-refractivity contribution is -0.130. The molecule has 1 saturated heterocycles. The third kappa shape index (κ3) is 8.35. The average molecular weight is 582 g/mol. The Hall–Kier alpha value is -2.42. The fourth-order valence-electron chi connectivity index (χ4n) is 7.11. The Labute approximate surface area is 250 Å². The molecule has 2 aromatic rings. The number of fused-ring (bicyclic) bond motifs is 1. The van der Waals surface area contributed by atoms with Crippen LogP contribution in [0.3, 0.4) is 0 Å². The van der Waals surface area contributed by atoms with E-state index >= 15 is 0 Å². The smallest absolute Gasteiger partial charge is 0.248 e. The van der Waals surface area contributed by atoms with Crippen LogP contribution in [-0.4, -0.2) is 71.9 Å². The maximum absolute atomic E-state index is 13.7. The van der Waals surface area contributed by atoms with E-state index in [-0.39, 0.29) is 43.6 Å². The van der Waals surface area contributed by atoms with Gasteiger partial charge in [-0.05, 0) is 62.3 Å². The minimum Gasteiger partial charge on any atom is -0.348 e. The van der Waals surface area contributed by atoms with Crippen LogP contribution in [0.5, 0.6) is 0 Å². The topological polar surface area (TPSA) is 60.5 Å². The van der Waals surface area contributed by atoms with Crippen LogP contribution >= 0.6 is 0 Å². The summed E-state index contributed by atoms with van der Waals surface area (Å²) in [5.74, 6) is -3.06. The number of aryl methyl sites for hydroxylation is 1. The molecule has 2 aliphatic carbocycles. The molecule has 1 aromatic heterocycles. The van der Waals surface area contributed by atoms with Crippen molar-refractivity contribution in [3.05, 3.63) is 65.5 Å². The van der Waals surface area contributed by atoms with Crippen LogP contribution in [0.15, 0.2) is 48.7 Å². The fraction of sp³-hybridized carbons (Fsp3) is 0.647. The highest BCUT2D eigenvalue weighted by atomic mass is 19.3. The Morgan fingerprint density at radius 1 is 1.14 bits per heavy atom. The van der Waals surface area contributed by atoms with E-state index in [4.69, 9.17) is 4.98 Å². The van der Waals surface area contributed by atoms with Gasteiger partial charge in [-0.2, -0.15) is 0 Å². The Morgan fingerprint density at radius 3 is 2.74 bits per heavy atom. The molecule has 1 saturated carbocycles. The van der Waals surface area contributed by atoms with Crippen molar-refractivity contribution in [2.75, 3.05) is 39.3 Å². The first kappa shape index (κ1) is 31.0. The highest BCUT2D eigenvalue weighted by Crippen LogP contribution is 2.37. The molecule has 2 N–H and O–H groups in total. The summed E-state index contributed by atoms with van der Waals surface area (Å²) in [5.41, 5.74) is 3.73. The van der Waals surface area contributed by atoms with Gasteiger partial charge in [0.05, 0.1) is 17.8 Å². The van der Waals surface area contributed by atoms with Crippen molar-refractivity contribution in [3.63, 3.8) is 0 Å². The molecule has 3 atom stereocenters. The number of carbonyl (C=O) groups is 1. The number of halogens is 2. The highest BCUT2D eigenvalue weighted by molar-refractivity contribution is 5.79. The molecule has 8 heteroatoms. The quantitative estimate of drug-likeness (QED) is 0.306. The summed E-state index contributed by atoms with van der Waals surface area (Å²) >= 11 is 0. The molecule has 0 bridgehead atoms. The number of amides is 1. The molecule has 2 fully saturated rings. The van der Waals surface area contributed by atoms with E-state index in [0.29, 0.717) is 18.6 Å². The zero-order chi connectivity index (χ0) is 29.4. The second-order valence-corrected chi connectivity index (χ2v) is 12.7. The summed E-state index contributed by atoms with van der Waals surface area (Å²) in [5, 5.41) is 7.05. The molecule has 1 aromatic carbocycles. The standard InChI is InChI=1S/C34H49F2N5O/c1-2-3-7-21-41(31-14-8-12-27-13-9-19-38-32(27)31)24-29-23-40(22-20-37-29)25-30(26-10-5-4-6-11-26)39-33(42)28-15-17-34(35,36)18-16-28/h4-6,9-11,13,19,28-31,37H,2-3,7-8,12,14-18,20-25H2,1H3,(H,39,42)/t29-,30+,31+/m1/s1. The number of alkyl halides is 2. The van der Waals surface area contributed by atoms with E-state index in [1.165, 1.54) is 36.9 Å². The summed E-state index contributed by atoms with van der Waals surface area (Å²) in [6, 6.07) is 14.9. The van der Waals surface area contributed by atoms with Crippen LogP contribution in [-0.2, 0) is 11.2 Å². The molecule has 3 aliphatic rings. The zero-order valence-electron chi connectivity index (χ0n) is 25.2. The molecule has 0 radical (unpaired) electrons. The van der Waals surface area contributed by atoms with Crippen LogP contribution in [0.1, 0.15) is 93.6 Å². The van der Waals surface area contributed by atoms with Gasteiger partial charge in [-0.1, -0.05) is 56.2 Å². The molecule has 2 heterocycles. The van der Waals surface area contributed by atoms with Gasteiger partial charge in [0, 0.05) is 63.7 Å². The lowest BCUT2D eigenvalue weighted by atomic mass is 9.86. The lowest BCUT2D eigenvalue weighted by Crippen LogP contribution is -2.56. The number of carbonyl (C=O) groups excluding carboxylic acids is 1. The molecule has 5 rings (SSSR count). The summed E-state index contributed by atoms with van der Waals surface area (Å²) in [6.07, 6.45) is 9.17. The fourth-order valence-corrected chi connectivity index (χ4v) is 7.11. The van der Waals surface area contributed by atoms with E-state index in [0.717, 1.165) is 51.1 Å². The average Bonchev–Trinajstić information content (AvgIpc) is 3.00. The first-order chi connectivity index (χ1) is 20.4. The SMILES string of the molecule is CCCCCN(C[C@H]1CN(C[C@H](NC(=O)C2CCC(F)(F)CC2)c2ccccc2)CCN1)[C@H]1CCCc2cccnc21. The lowest BCUT2D eigenvalue weighted by Gasteiger charge is -2.41. The molecule has 1 amide bonds. The molecule has 42 heavy (non-hydrogen) atoms. The van der Waals surface area contributed by atoms with Gasteiger partial charge >= 0.3 is 0 Å². The maximum atomic E-state index is 13.7. The van der Waals surface area contributed by atoms with E-state index in [2.05, 4.69) is 51.6 Å². The monoisotopic (exact) mass is 581 g/mol. The minimum absolute atomic E-state index is 0.0865. The number of nitrogens with zero attached hydrogens (tertiary/aromatic N) is 3. The number of nitrogens with one attached hydrogen (secondary N) is 2. The normalized spacial score (nSPS) is 23.8. The molecule has 6 nitrogen and oxygen atoms in total.